The van der Waals surface area contributed by atoms with Crippen molar-refractivity contribution in [2.45, 2.75) is 32.0 Å². The summed E-state index contributed by atoms with van der Waals surface area (Å²) in [6.45, 7) is 0.397. The Kier molecular flexibility index (Phi) is 7.84. The van der Waals surface area contributed by atoms with Crippen molar-refractivity contribution < 1.29 is 19.1 Å². The molecule has 0 aliphatic carbocycles. The SMILES string of the molecule is NC(=O)CC[C@@H](NC(=O)OCc1ccccc1)C(=O)NCc1ccccc1. The van der Waals surface area contributed by atoms with Crippen LogP contribution in [0.3, 0.4) is 0 Å². The molecule has 7 heteroatoms. The van der Waals surface area contributed by atoms with E-state index in [2.05, 4.69) is 10.6 Å². The van der Waals surface area contributed by atoms with Gasteiger partial charge in [0, 0.05) is 13.0 Å². The maximum absolute atomic E-state index is 12.4. The van der Waals surface area contributed by atoms with E-state index in [1.807, 2.05) is 60.7 Å². The number of nitrogens with two attached hydrogens (primary N) is 1. The molecule has 0 aliphatic heterocycles. The molecule has 142 valence electrons. The molecule has 27 heavy (non-hydrogen) atoms. The predicted octanol–water partition coefficient (Wildman–Crippen LogP) is 1.86. The van der Waals surface area contributed by atoms with E-state index >= 15 is 0 Å². The van der Waals surface area contributed by atoms with Gasteiger partial charge in [-0.25, -0.2) is 4.79 Å². The van der Waals surface area contributed by atoms with Gasteiger partial charge in [0.2, 0.25) is 11.8 Å². The summed E-state index contributed by atoms with van der Waals surface area (Å²) < 4.78 is 5.13. The minimum atomic E-state index is -0.913. The molecule has 7 nitrogen and oxygen atoms in total. The Morgan fingerprint density at radius 1 is 0.926 bits per heavy atom. The summed E-state index contributed by atoms with van der Waals surface area (Å²) in [4.78, 5) is 35.5. The summed E-state index contributed by atoms with van der Waals surface area (Å²) in [6.07, 6.45) is -0.665. The molecule has 3 amide bonds. The van der Waals surface area contributed by atoms with Crippen LogP contribution in [-0.4, -0.2) is 23.9 Å². The van der Waals surface area contributed by atoms with Crippen LogP contribution in [0.2, 0.25) is 0 Å². The quantitative estimate of drug-likeness (QED) is 0.626. The van der Waals surface area contributed by atoms with Gasteiger partial charge in [-0.1, -0.05) is 60.7 Å². The van der Waals surface area contributed by atoms with Gasteiger partial charge < -0.3 is 21.1 Å². The smallest absolute Gasteiger partial charge is 0.408 e. The number of amides is 3. The molecule has 4 N–H and O–H groups in total. The average molecular weight is 369 g/mol. The topological polar surface area (TPSA) is 111 Å². The van der Waals surface area contributed by atoms with Crippen molar-refractivity contribution in [3.8, 4) is 0 Å². The zero-order valence-corrected chi connectivity index (χ0v) is 14.9. The van der Waals surface area contributed by atoms with Gasteiger partial charge in [0.25, 0.3) is 0 Å². The Morgan fingerprint density at radius 3 is 2.11 bits per heavy atom. The van der Waals surface area contributed by atoms with Gasteiger partial charge in [-0.05, 0) is 17.5 Å². The van der Waals surface area contributed by atoms with Crippen molar-refractivity contribution in [1.29, 1.82) is 0 Å². The van der Waals surface area contributed by atoms with E-state index < -0.39 is 23.9 Å². The maximum Gasteiger partial charge on any atom is 0.408 e. The fourth-order valence-corrected chi connectivity index (χ4v) is 2.37. The van der Waals surface area contributed by atoms with Crippen LogP contribution in [0.4, 0.5) is 4.79 Å². The zero-order valence-electron chi connectivity index (χ0n) is 14.9. The largest absolute Gasteiger partial charge is 0.445 e. The number of carbonyl (C=O) groups excluding carboxylic acids is 3. The number of rotatable bonds is 9. The van der Waals surface area contributed by atoms with Crippen molar-refractivity contribution in [1.82, 2.24) is 10.6 Å². The molecule has 0 bridgehead atoms. The Balaban J connectivity index is 1.88. The molecule has 0 aromatic heterocycles. The van der Waals surface area contributed by atoms with Crippen molar-refractivity contribution in [2.75, 3.05) is 0 Å². The fraction of sp³-hybridized carbons (Fsp3) is 0.250. The molecule has 2 aromatic carbocycles. The summed E-state index contributed by atoms with van der Waals surface area (Å²) in [5.74, 6) is -0.952. The highest BCUT2D eigenvalue weighted by atomic mass is 16.5. The molecule has 0 spiro atoms. The van der Waals surface area contributed by atoms with Crippen LogP contribution in [0.5, 0.6) is 0 Å². The van der Waals surface area contributed by atoms with Gasteiger partial charge in [-0.3, -0.25) is 9.59 Å². The normalized spacial score (nSPS) is 11.3. The van der Waals surface area contributed by atoms with E-state index in [0.29, 0.717) is 6.54 Å². The molecule has 0 heterocycles. The van der Waals surface area contributed by atoms with E-state index in [9.17, 15) is 14.4 Å². The van der Waals surface area contributed by atoms with E-state index in [0.717, 1.165) is 11.1 Å². The minimum Gasteiger partial charge on any atom is -0.445 e. The first-order valence-electron chi connectivity index (χ1n) is 8.62. The summed E-state index contributed by atoms with van der Waals surface area (Å²) in [7, 11) is 0. The first-order chi connectivity index (χ1) is 13.0. The second kappa shape index (κ2) is 10.6. The van der Waals surface area contributed by atoms with E-state index in [1.54, 1.807) is 0 Å². The number of alkyl carbamates (subject to hydrolysis) is 1. The van der Waals surface area contributed by atoms with Crippen LogP contribution in [0.15, 0.2) is 60.7 Å². The molecular weight excluding hydrogens is 346 g/mol. The second-order valence-corrected chi connectivity index (χ2v) is 5.97. The number of primary amides is 1. The molecule has 0 unspecified atom stereocenters. The molecule has 0 radical (unpaired) electrons. The van der Waals surface area contributed by atoms with Crippen LogP contribution in [0.1, 0.15) is 24.0 Å². The molecule has 0 aliphatic rings. The van der Waals surface area contributed by atoms with E-state index in [-0.39, 0.29) is 19.4 Å². The first kappa shape index (κ1) is 20.0. The molecular formula is C20H23N3O4. The minimum absolute atomic E-state index is 0.0254. The summed E-state index contributed by atoms with van der Waals surface area (Å²) >= 11 is 0. The number of hydrogen-bond acceptors (Lipinski definition) is 4. The molecule has 0 saturated carbocycles. The van der Waals surface area contributed by atoms with Crippen LogP contribution in [0.25, 0.3) is 0 Å². The molecule has 2 rings (SSSR count). The van der Waals surface area contributed by atoms with Crippen molar-refractivity contribution >= 4 is 17.9 Å². The summed E-state index contributed by atoms with van der Waals surface area (Å²) in [5.41, 5.74) is 6.91. The highest BCUT2D eigenvalue weighted by Gasteiger charge is 2.22. The highest BCUT2D eigenvalue weighted by Crippen LogP contribution is 2.04. The Hall–Kier alpha value is -3.35. The predicted molar refractivity (Wildman–Crippen MR) is 100 cm³/mol. The Bertz CT molecular complexity index is 750. The monoisotopic (exact) mass is 369 g/mol. The number of benzene rings is 2. The van der Waals surface area contributed by atoms with Gasteiger partial charge >= 0.3 is 6.09 Å². The van der Waals surface area contributed by atoms with Gasteiger partial charge in [0.05, 0.1) is 0 Å². The number of hydrogen-bond donors (Lipinski definition) is 3. The maximum atomic E-state index is 12.4. The standard InChI is InChI=1S/C20H23N3O4/c21-18(24)12-11-17(19(25)22-13-15-7-3-1-4-8-15)23-20(26)27-14-16-9-5-2-6-10-16/h1-10,17H,11-14H2,(H2,21,24)(H,22,25)(H,23,26)/t17-/m1/s1. The number of ether oxygens (including phenoxy) is 1. The lowest BCUT2D eigenvalue weighted by Gasteiger charge is -2.18. The average Bonchev–Trinajstić information content (AvgIpc) is 2.69. The van der Waals surface area contributed by atoms with E-state index in [1.165, 1.54) is 0 Å². The highest BCUT2D eigenvalue weighted by molar-refractivity contribution is 5.86. The molecule has 0 fully saturated rings. The molecule has 0 saturated heterocycles. The van der Waals surface area contributed by atoms with Crippen LogP contribution in [-0.2, 0) is 27.5 Å². The lowest BCUT2D eigenvalue weighted by atomic mass is 10.1. The van der Waals surface area contributed by atoms with Crippen molar-refractivity contribution in [3.63, 3.8) is 0 Å². The van der Waals surface area contributed by atoms with Gasteiger partial charge in [0.1, 0.15) is 12.6 Å². The third-order valence-corrected chi connectivity index (χ3v) is 3.81. The molecule has 1 atom stereocenters. The van der Waals surface area contributed by atoms with Crippen LogP contribution >= 0.6 is 0 Å². The lowest BCUT2D eigenvalue weighted by molar-refractivity contribution is -0.123. The third kappa shape index (κ3) is 7.60. The summed E-state index contributed by atoms with van der Waals surface area (Å²) in [5, 5.41) is 5.24. The fourth-order valence-electron chi connectivity index (χ4n) is 2.37. The van der Waals surface area contributed by atoms with E-state index in [4.69, 9.17) is 10.5 Å². The van der Waals surface area contributed by atoms with Crippen molar-refractivity contribution in [3.05, 3.63) is 71.8 Å². The number of nitrogens with one attached hydrogen (secondary N) is 2. The third-order valence-electron chi connectivity index (χ3n) is 3.81. The van der Waals surface area contributed by atoms with Gasteiger partial charge in [-0.2, -0.15) is 0 Å². The number of carbonyl (C=O) groups is 3. The second-order valence-electron chi connectivity index (χ2n) is 5.97. The van der Waals surface area contributed by atoms with Gasteiger partial charge in [0.15, 0.2) is 0 Å². The Labute approximate surface area is 157 Å². The zero-order chi connectivity index (χ0) is 19.5. The molecule has 2 aromatic rings. The van der Waals surface area contributed by atoms with Crippen molar-refractivity contribution in [2.24, 2.45) is 5.73 Å². The van der Waals surface area contributed by atoms with Crippen LogP contribution in [0, 0.1) is 0 Å². The first-order valence-corrected chi connectivity index (χ1v) is 8.62. The lowest BCUT2D eigenvalue weighted by Crippen LogP contribution is -2.47. The van der Waals surface area contributed by atoms with Crippen LogP contribution < -0.4 is 16.4 Å². The van der Waals surface area contributed by atoms with Gasteiger partial charge in [-0.15, -0.1) is 0 Å². The Morgan fingerprint density at radius 2 is 1.52 bits per heavy atom. The summed E-state index contributed by atoms with van der Waals surface area (Å²) in [6, 6.07) is 17.6.